The molecule has 2 aromatic rings. The minimum atomic E-state index is -0.908. The van der Waals surface area contributed by atoms with E-state index in [9.17, 15) is 9.59 Å². The Kier molecular flexibility index (Phi) is 3.54. The smallest absolute Gasteiger partial charge is 0.339 e. The third-order valence-electron chi connectivity index (χ3n) is 3.90. The summed E-state index contributed by atoms with van der Waals surface area (Å²) in [6.07, 6.45) is -0.593. The van der Waals surface area contributed by atoms with E-state index in [1.807, 2.05) is 12.1 Å². The number of amides is 1. The Bertz CT molecular complexity index is 851. The van der Waals surface area contributed by atoms with Gasteiger partial charge in [0.05, 0.1) is 16.3 Å². The molecule has 0 aromatic heterocycles. The molecule has 1 atom stereocenters. The Balaban J connectivity index is 1.55. The quantitative estimate of drug-likeness (QED) is 0.847. The van der Waals surface area contributed by atoms with Crippen LogP contribution in [0.3, 0.4) is 0 Å². The highest BCUT2D eigenvalue weighted by Gasteiger charge is 2.31. The van der Waals surface area contributed by atoms with Gasteiger partial charge in [-0.2, -0.15) is 0 Å². The molecule has 6 nitrogen and oxygen atoms in total. The van der Waals surface area contributed by atoms with E-state index in [2.05, 4.69) is 5.32 Å². The lowest BCUT2D eigenvalue weighted by Gasteiger charge is -2.24. The van der Waals surface area contributed by atoms with Gasteiger partial charge in [-0.25, -0.2) is 4.79 Å². The molecule has 1 amide bonds. The van der Waals surface area contributed by atoms with Crippen LogP contribution in [0.5, 0.6) is 11.5 Å². The summed E-state index contributed by atoms with van der Waals surface area (Å²) in [5, 5.41) is 2.99. The summed E-state index contributed by atoms with van der Waals surface area (Å²) in [7, 11) is 0. The maximum absolute atomic E-state index is 12.5. The van der Waals surface area contributed by atoms with Crippen LogP contribution in [0.2, 0.25) is 5.02 Å². The van der Waals surface area contributed by atoms with Gasteiger partial charge in [-0.3, -0.25) is 4.79 Å². The molecule has 0 fully saturated rings. The van der Waals surface area contributed by atoms with Crippen LogP contribution < -0.4 is 14.8 Å². The van der Waals surface area contributed by atoms with Crippen molar-refractivity contribution in [2.24, 2.45) is 0 Å². The summed E-state index contributed by atoms with van der Waals surface area (Å²) in [6, 6.07) is 10.2. The second-order valence-electron chi connectivity index (χ2n) is 5.43. The summed E-state index contributed by atoms with van der Waals surface area (Å²) in [6.45, 7) is 0.111. The largest absolute Gasteiger partial charge is 0.454 e. The monoisotopic (exact) mass is 345 g/mol. The van der Waals surface area contributed by atoms with E-state index < -0.39 is 18.0 Å². The van der Waals surface area contributed by atoms with Crippen LogP contribution in [-0.2, 0) is 16.0 Å². The van der Waals surface area contributed by atoms with Crippen molar-refractivity contribution in [2.45, 2.75) is 12.5 Å². The van der Waals surface area contributed by atoms with Gasteiger partial charge in [0.1, 0.15) is 0 Å². The van der Waals surface area contributed by atoms with Gasteiger partial charge in [-0.05, 0) is 11.6 Å². The molecule has 0 bridgehead atoms. The average molecular weight is 346 g/mol. The molecular weight excluding hydrogens is 334 g/mol. The Morgan fingerprint density at radius 1 is 1.17 bits per heavy atom. The van der Waals surface area contributed by atoms with Crippen LogP contribution in [0.4, 0.5) is 5.69 Å². The van der Waals surface area contributed by atoms with Gasteiger partial charge >= 0.3 is 5.97 Å². The van der Waals surface area contributed by atoms with Crippen molar-refractivity contribution < 1.29 is 23.8 Å². The zero-order valence-corrected chi connectivity index (χ0v) is 13.1. The summed E-state index contributed by atoms with van der Waals surface area (Å²) in [4.78, 5) is 24.5. The summed E-state index contributed by atoms with van der Waals surface area (Å²) >= 11 is 6.14. The van der Waals surface area contributed by atoms with E-state index in [1.54, 1.807) is 24.3 Å². The molecule has 0 spiro atoms. The number of rotatable bonds is 2. The minimum Gasteiger partial charge on any atom is -0.454 e. The van der Waals surface area contributed by atoms with E-state index in [-0.39, 0.29) is 6.79 Å². The van der Waals surface area contributed by atoms with Crippen molar-refractivity contribution in [3.8, 4) is 11.5 Å². The highest BCUT2D eigenvalue weighted by molar-refractivity contribution is 6.34. The average Bonchev–Trinajstić information content (AvgIpc) is 3.02. The van der Waals surface area contributed by atoms with E-state index >= 15 is 0 Å². The number of cyclic esters (lactones) is 1. The first-order valence-corrected chi connectivity index (χ1v) is 7.68. The molecule has 0 radical (unpaired) electrons. The molecule has 2 heterocycles. The van der Waals surface area contributed by atoms with Gasteiger partial charge < -0.3 is 19.5 Å². The number of fused-ring (bicyclic) bond motifs is 2. The number of hydrogen-bond donors (Lipinski definition) is 1. The number of esters is 1. The SMILES string of the molecule is O=C1O[C@H](C(=O)Nc2cc3c(cc2Cl)OCO3)Cc2ccccc21. The number of benzene rings is 2. The van der Waals surface area contributed by atoms with Crippen molar-refractivity contribution >= 4 is 29.2 Å². The van der Waals surface area contributed by atoms with Crippen LogP contribution in [0.1, 0.15) is 15.9 Å². The summed E-state index contributed by atoms with van der Waals surface area (Å²) < 4.78 is 15.7. The van der Waals surface area contributed by atoms with Crippen LogP contribution in [0.25, 0.3) is 0 Å². The van der Waals surface area contributed by atoms with E-state index in [1.165, 1.54) is 0 Å². The Hall–Kier alpha value is -2.73. The number of anilines is 1. The second kappa shape index (κ2) is 5.72. The topological polar surface area (TPSA) is 73.9 Å². The van der Waals surface area contributed by atoms with Gasteiger partial charge in [0.15, 0.2) is 17.6 Å². The summed E-state index contributed by atoms with van der Waals surface area (Å²) in [5.74, 6) is 0.0732. The first-order valence-electron chi connectivity index (χ1n) is 7.31. The normalized spacial score (nSPS) is 17.9. The third-order valence-corrected chi connectivity index (χ3v) is 4.22. The molecule has 2 aliphatic rings. The molecule has 7 heteroatoms. The maximum Gasteiger partial charge on any atom is 0.339 e. The molecule has 0 saturated heterocycles. The van der Waals surface area contributed by atoms with Gasteiger partial charge in [0.2, 0.25) is 6.79 Å². The Morgan fingerprint density at radius 2 is 1.92 bits per heavy atom. The number of nitrogens with one attached hydrogen (secondary N) is 1. The van der Waals surface area contributed by atoms with Crippen LogP contribution in [-0.4, -0.2) is 24.8 Å². The highest BCUT2D eigenvalue weighted by Crippen LogP contribution is 2.39. The van der Waals surface area contributed by atoms with Crippen molar-refractivity contribution in [1.29, 1.82) is 0 Å². The van der Waals surface area contributed by atoms with E-state index in [4.69, 9.17) is 25.8 Å². The number of carbonyl (C=O) groups excluding carboxylic acids is 2. The predicted octanol–water partition coefficient (Wildman–Crippen LogP) is 2.79. The number of hydrogen-bond acceptors (Lipinski definition) is 5. The van der Waals surface area contributed by atoms with Gasteiger partial charge in [0, 0.05) is 18.6 Å². The number of carbonyl (C=O) groups is 2. The van der Waals surface area contributed by atoms with Crippen LogP contribution in [0, 0.1) is 0 Å². The van der Waals surface area contributed by atoms with Crippen LogP contribution in [0.15, 0.2) is 36.4 Å². The maximum atomic E-state index is 12.5. The molecular formula is C17H12ClNO5. The molecule has 0 aliphatic carbocycles. The fraction of sp³-hybridized carbons (Fsp3) is 0.176. The molecule has 1 N–H and O–H groups in total. The zero-order valence-electron chi connectivity index (χ0n) is 12.4. The lowest BCUT2D eigenvalue weighted by atomic mass is 9.98. The molecule has 0 saturated carbocycles. The zero-order chi connectivity index (χ0) is 16.7. The van der Waals surface area contributed by atoms with Gasteiger partial charge in [0.25, 0.3) is 5.91 Å². The van der Waals surface area contributed by atoms with Crippen LogP contribution >= 0.6 is 11.6 Å². The minimum absolute atomic E-state index is 0.111. The molecule has 4 rings (SSSR count). The van der Waals surface area contributed by atoms with Crippen molar-refractivity contribution in [2.75, 3.05) is 12.1 Å². The highest BCUT2D eigenvalue weighted by atomic mass is 35.5. The molecule has 122 valence electrons. The fourth-order valence-corrected chi connectivity index (χ4v) is 2.90. The predicted molar refractivity (Wildman–Crippen MR) is 85.6 cm³/mol. The molecule has 2 aromatic carbocycles. The fourth-order valence-electron chi connectivity index (χ4n) is 2.70. The first-order chi connectivity index (χ1) is 11.6. The third kappa shape index (κ3) is 2.55. The van der Waals surface area contributed by atoms with E-state index in [0.29, 0.717) is 34.2 Å². The van der Waals surface area contributed by atoms with Gasteiger partial charge in [-0.15, -0.1) is 0 Å². The second-order valence-corrected chi connectivity index (χ2v) is 5.84. The summed E-state index contributed by atoms with van der Waals surface area (Å²) in [5.41, 5.74) is 1.65. The number of halogens is 1. The molecule has 2 aliphatic heterocycles. The van der Waals surface area contributed by atoms with Crippen molar-refractivity contribution in [3.05, 3.63) is 52.5 Å². The molecule has 0 unspecified atom stereocenters. The van der Waals surface area contributed by atoms with Crippen molar-refractivity contribution in [1.82, 2.24) is 0 Å². The number of ether oxygens (including phenoxy) is 3. The van der Waals surface area contributed by atoms with Crippen molar-refractivity contribution in [3.63, 3.8) is 0 Å². The lowest BCUT2D eigenvalue weighted by molar-refractivity contribution is -0.125. The first kappa shape index (κ1) is 14.8. The molecule has 24 heavy (non-hydrogen) atoms. The van der Waals surface area contributed by atoms with E-state index in [0.717, 1.165) is 5.56 Å². The standard InChI is InChI=1S/C17H12ClNO5/c18-11-6-13-14(23-8-22-13)7-12(11)19-16(20)15-5-9-3-1-2-4-10(9)17(21)24-15/h1-4,6-7,15H,5,8H2,(H,19,20)/t15-/m0/s1. The Labute approximate surface area is 142 Å². The van der Waals surface area contributed by atoms with Gasteiger partial charge in [-0.1, -0.05) is 29.8 Å². The lowest BCUT2D eigenvalue weighted by Crippen LogP contribution is -2.38. The Morgan fingerprint density at radius 3 is 2.75 bits per heavy atom.